The molecule has 1 heterocycles. The molecule has 0 aliphatic heterocycles. The van der Waals surface area contributed by atoms with Crippen molar-refractivity contribution >= 4 is 22.8 Å². The monoisotopic (exact) mass is 352 g/mol. The number of nitrogens with zero attached hydrogens (tertiary/aromatic N) is 2. The zero-order valence-corrected chi connectivity index (χ0v) is 13.9. The van der Waals surface area contributed by atoms with Gasteiger partial charge in [0.2, 0.25) is 5.91 Å². The zero-order chi connectivity index (χ0) is 18.4. The van der Waals surface area contributed by atoms with Gasteiger partial charge in [-0.25, -0.2) is 9.37 Å². The lowest BCUT2D eigenvalue weighted by Gasteiger charge is -2.07. The predicted molar refractivity (Wildman–Crippen MR) is 95.0 cm³/mol. The van der Waals surface area contributed by atoms with E-state index >= 15 is 0 Å². The smallest absolute Gasteiger partial charge is 0.271 e. The van der Waals surface area contributed by atoms with Crippen LogP contribution in [0.5, 0.6) is 0 Å². The molecule has 0 saturated carbocycles. The highest BCUT2D eigenvalue weighted by atomic mass is 19.1. The average molecular weight is 352 g/mol. The molecule has 2 amide bonds. The van der Waals surface area contributed by atoms with Gasteiger partial charge in [0, 0.05) is 13.1 Å². The summed E-state index contributed by atoms with van der Waals surface area (Å²) in [6.07, 6.45) is 1.50. The van der Waals surface area contributed by atoms with Gasteiger partial charge in [-0.05, 0) is 29.8 Å². The Morgan fingerprint density at radius 1 is 0.962 bits per heavy atom. The number of fused-ring (bicyclic) bond motifs is 1. The number of amides is 2. The number of aromatic nitrogens is 2. The first-order chi connectivity index (χ1) is 12.6. The average Bonchev–Trinajstić information content (AvgIpc) is 2.64. The third-order valence-electron chi connectivity index (χ3n) is 3.67. The molecule has 0 fully saturated rings. The molecule has 0 saturated heterocycles. The van der Waals surface area contributed by atoms with Crippen LogP contribution >= 0.6 is 0 Å². The van der Waals surface area contributed by atoms with E-state index in [1.165, 1.54) is 18.3 Å². The number of carbonyl (C=O) groups excluding carboxylic acids is 2. The lowest BCUT2D eigenvalue weighted by atomic mass is 10.1. The second-order valence-corrected chi connectivity index (χ2v) is 5.66. The summed E-state index contributed by atoms with van der Waals surface area (Å²) in [5.74, 6) is -0.975. The van der Waals surface area contributed by atoms with Crippen molar-refractivity contribution in [2.45, 2.75) is 6.42 Å². The number of halogens is 1. The maximum atomic E-state index is 13.1. The topological polar surface area (TPSA) is 84.0 Å². The number of hydrogen-bond acceptors (Lipinski definition) is 4. The van der Waals surface area contributed by atoms with E-state index in [4.69, 9.17) is 0 Å². The molecule has 3 aromatic rings. The van der Waals surface area contributed by atoms with Crippen molar-refractivity contribution in [1.82, 2.24) is 20.6 Å². The minimum atomic E-state index is -0.376. The van der Waals surface area contributed by atoms with Gasteiger partial charge < -0.3 is 10.6 Å². The molecule has 0 bridgehead atoms. The molecular weight excluding hydrogens is 335 g/mol. The van der Waals surface area contributed by atoms with Gasteiger partial charge in [0.05, 0.1) is 23.7 Å². The predicted octanol–water partition coefficient (Wildman–Crippen LogP) is 1.86. The van der Waals surface area contributed by atoms with Crippen LogP contribution in [-0.2, 0) is 11.2 Å². The zero-order valence-electron chi connectivity index (χ0n) is 13.9. The first kappa shape index (κ1) is 17.5. The Bertz CT molecular complexity index is 945. The Morgan fingerprint density at radius 2 is 1.73 bits per heavy atom. The van der Waals surface area contributed by atoms with Gasteiger partial charge in [0.15, 0.2) is 0 Å². The lowest BCUT2D eigenvalue weighted by Crippen LogP contribution is -2.35. The molecule has 0 radical (unpaired) electrons. The molecular formula is C19H17FN4O2. The van der Waals surface area contributed by atoms with Gasteiger partial charge in [0.1, 0.15) is 11.5 Å². The van der Waals surface area contributed by atoms with Gasteiger partial charge in [-0.3, -0.25) is 14.6 Å². The number of carbonyl (C=O) groups is 2. The molecule has 6 nitrogen and oxygen atoms in total. The Hall–Kier alpha value is -3.35. The number of hydrogen-bond donors (Lipinski definition) is 2. The van der Waals surface area contributed by atoms with E-state index in [1.54, 1.807) is 18.2 Å². The standard InChI is InChI=1S/C19H17FN4O2/c20-14-5-3-4-13(10-14)11-18(25)21-8-9-22-19(26)17-12-23-15-6-1-2-7-16(15)24-17/h1-7,10,12H,8-9,11H2,(H,21,25)(H,22,26). The van der Waals surface area contributed by atoms with Crippen LogP contribution < -0.4 is 10.6 Å². The van der Waals surface area contributed by atoms with E-state index < -0.39 is 0 Å². The fraction of sp³-hybridized carbons (Fsp3) is 0.158. The van der Waals surface area contributed by atoms with Crippen LogP contribution in [0, 0.1) is 5.82 Å². The molecule has 0 aliphatic carbocycles. The molecule has 0 aliphatic rings. The third-order valence-corrected chi connectivity index (χ3v) is 3.67. The summed E-state index contributed by atoms with van der Waals surface area (Å²) in [6, 6.07) is 13.2. The van der Waals surface area contributed by atoms with Gasteiger partial charge in [-0.2, -0.15) is 0 Å². The fourth-order valence-electron chi connectivity index (χ4n) is 2.43. The second kappa shape index (κ2) is 8.15. The molecule has 0 unspecified atom stereocenters. The highest BCUT2D eigenvalue weighted by molar-refractivity contribution is 5.93. The minimum Gasteiger partial charge on any atom is -0.354 e. The number of benzene rings is 2. The van der Waals surface area contributed by atoms with Crippen LogP contribution in [0.15, 0.2) is 54.7 Å². The van der Waals surface area contributed by atoms with E-state index in [0.717, 1.165) is 0 Å². The summed E-state index contributed by atoms with van der Waals surface area (Å²) in [4.78, 5) is 32.4. The Labute approximate surface area is 149 Å². The van der Waals surface area contributed by atoms with E-state index in [2.05, 4.69) is 20.6 Å². The Morgan fingerprint density at radius 3 is 2.54 bits per heavy atom. The summed E-state index contributed by atoms with van der Waals surface area (Å²) in [5, 5.41) is 5.35. The summed E-state index contributed by atoms with van der Waals surface area (Å²) >= 11 is 0. The van der Waals surface area contributed by atoms with Gasteiger partial charge in [-0.1, -0.05) is 24.3 Å². The molecule has 2 N–H and O–H groups in total. The largest absolute Gasteiger partial charge is 0.354 e. The first-order valence-corrected chi connectivity index (χ1v) is 8.13. The molecule has 0 spiro atoms. The highest BCUT2D eigenvalue weighted by Gasteiger charge is 2.09. The fourth-order valence-corrected chi connectivity index (χ4v) is 2.43. The summed E-state index contributed by atoms with van der Waals surface area (Å²) < 4.78 is 13.1. The van der Waals surface area contributed by atoms with E-state index in [1.807, 2.05) is 18.2 Å². The SMILES string of the molecule is O=C(Cc1cccc(F)c1)NCCNC(=O)c1cnc2ccccc2n1. The van der Waals surface area contributed by atoms with Gasteiger partial charge in [0.25, 0.3) is 5.91 Å². The van der Waals surface area contributed by atoms with Crippen LogP contribution in [0.1, 0.15) is 16.1 Å². The second-order valence-electron chi connectivity index (χ2n) is 5.66. The normalized spacial score (nSPS) is 10.5. The van der Waals surface area contributed by atoms with Gasteiger partial charge >= 0.3 is 0 Å². The van der Waals surface area contributed by atoms with E-state index in [0.29, 0.717) is 16.6 Å². The lowest BCUT2D eigenvalue weighted by molar-refractivity contribution is -0.120. The molecule has 0 atom stereocenters. The minimum absolute atomic E-state index is 0.0852. The van der Waals surface area contributed by atoms with Crippen molar-refractivity contribution in [3.8, 4) is 0 Å². The molecule has 2 aromatic carbocycles. The maximum absolute atomic E-state index is 13.1. The van der Waals surface area contributed by atoms with Crippen LogP contribution in [-0.4, -0.2) is 34.9 Å². The van der Waals surface area contributed by atoms with Crippen LogP contribution in [0.25, 0.3) is 11.0 Å². The van der Waals surface area contributed by atoms with Crippen molar-refractivity contribution in [1.29, 1.82) is 0 Å². The molecule has 7 heteroatoms. The van der Waals surface area contributed by atoms with Gasteiger partial charge in [-0.15, -0.1) is 0 Å². The van der Waals surface area contributed by atoms with Crippen LogP contribution in [0.4, 0.5) is 4.39 Å². The Balaban J connectivity index is 1.45. The quantitative estimate of drug-likeness (QED) is 0.663. The van der Waals surface area contributed by atoms with Crippen LogP contribution in [0.2, 0.25) is 0 Å². The van der Waals surface area contributed by atoms with Crippen molar-refractivity contribution < 1.29 is 14.0 Å². The third kappa shape index (κ3) is 4.60. The first-order valence-electron chi connectivity index (χ1n) is 8.13. The van der Waals surface area contributed by atoms with Crippen molar-refractivity contribution in [2.24, 2.45) is 0 Å². The number of rotatable bonds is 6. The highest BCUT2D eigenvalue weighted by Crippen LogP contribution is 2.08. The number of nitrogens with one attached hydrogen (secondary N) is 2. The summed E-state index contributed by atoms with van der Waals surface area (Å²) in [5.41, 5.74) is 2.17. The Kier molecular flexibility index (Phi) is 5.48. The summed E-state index contributed by atoms with van der Waals surface area (Å²) in [6.45, 7) is 0.517. The van der Waals surface area contributed by atoms with E-state index in [-0.39, 0.29) is 42.8 Å². The van der Waals surface area contributed by atoms with Crippen molar-refractivity contribution in [3.63, 3.8) is 0 Å². The molecule has 3 rings (SSSR count). The van der Waals surface area contributed by atoms with Crippen molar-refractivity contribution in [3.05, 3.63) is 71.8 Å². The van der Waals surface area contributed by atoms with Crippen molar-refractivity contribution in [2.75, 3.05) is 13.1 Å². The maximum Gasteiger partial charge on any atom is 0.271 e. The van der Waals surface area contributed by atoms with Crippen LogP contribution in [0.3, 0.4) is 0 Å². The number of para-hydroxylation sites is 2. The molecule has 26 heavy (non-hydrogen) atoms. The van der Waals surface area contributed by atoms with E-state index in [9.17, 15) is 14.0 Å². The summed E-state index contributed by atoms with van der Waals surface area (Å²) in [7, 11) is 0. The molecule has 132 valence electrons. The molecule has 1 aromatic heterocycles.